The van der Waals surface area contributed by atoms with E-state index in [-0.39, 0.29) is 5.92 Å². The van der Waals surface area contributed by atoms with Gasteiger partial charge in [-0.1, -0.05) is 52.0 Å². The fourth-order valence-electron chi connectivity index (χ4n) is 2.73. The second kappa shape index (κ2) is 10.1. The normalized spacial score (nSPS) is 12.2. The van der Waals surface area contributed by atoms with Crippen molar-refractivity contribution in [2.75, 3.05) is 0 Å². The van der Waals surface area contributed by atoms with Gasteiger partial charge in [-0.25, -0.2) is 4.39 Å². The molecule has 0 radical (unpaired) electrons. The fraction of sp³-hybridized carbons (Fsp3) is 0.455. The zero-order valence-corrected chi connectivity index (χ0v) is 16.8. The number of benzene rings is 2. The summed E-state index contributed by atoms with van der Waals surface area (Å²) in [5, 5.41) is 0. The predicted molar refractivity (Wildman–Crippen MR) is 99.9 cm³/mol. The van der Waals surface area contributed by atoms with Gasteiger partial charge in [0.25, 0.3) is 0 Å². The van der Waals surface area contributed by atoms with Crippen LogP contribution in [-0.2, 0) is 25.2 Å². The van der Waals surface area contributed by atoms with E-state index in [1.807, 2.05) is 27.7 Å². The summed E-state index contributed by atoms with van der Waals surface area (Å²) in [5.41, 5.74) is -0.482. The monoisotopic (exact) mass is 422 g/mol. The van der Waals surface area contributed by atoms with E-state index in [1.165, 1.54) is 18.2 Å². The molecule has 0 saturated heterocycles. The van der Waals surface area contributed by atoms with Gasteiger partial charge in [0, 0.05) is 0 Å². The van der Waals surface area contributed by atoms with Gasteiger partial charge in [-0.05, 0) is 54.0 Å². The lowest BCUT2D eigenvalue weighted by molar-refractivity contribution is -0.140. The number of hydrogen-bond donors (Lipinski definition) is 0. The van der Waals surface area contributed by atoms with Crippen LogP contribution in [0.4, 0.5) is 30.7 Å². The highest BCUT2D eigenvalue weighted by molar-refractivity contribution is 5.28. The molecule has 0 fully saturated rings. The number of halogens is 7. The summed E-state index contributed by atoms with van der Waals surface area (Å²) < 4.78 is 86.8. The Hall–Kier alpha value is -2.05. The zero-order chi connectivity index (χ0) is 22.4. The summed E-state index contributed by atoms with van der Waals surface area (Å²) in [6.07, 6.45) is -7.64. The summed E-state index contributed by atoms with van der Waals surface area (Å²) in [6.45, 7) is 7.77. The first-order valence-corrected chi connectivity index (χ1v) is 9.22. The molecular weight excluding hydrogens is 397 g/mol. The van der Waals surface area contributed by atoms with Crippen LogP contribution in [0, 0.1) is 17.7 Å². The van der Waals surface area contributed by atoms with Crippen molar-refractivity contribution >= 4 is 0 Å². The predicted octanol–water partition coefficient (Wildman–Crippen LogP) is 7.95. The molecule has 0 saturated carbocycles. The van der Waals surface area contributed by atoms with Gasteiger partial charge in [0.15, 0.2) is 0 Å². The first-order valence-electron chi connectivity index (χ1n) is 9.22. The Balaban J connectivity index is 0.000000291. The van der Waals surface area contributed by atoms with Gasteiger partial charge in [-0.2, -0.15) is 26.3 Å². The third-order valence-corrected chi connectivity index (χ3v) is 3.88. The Kier molecular flexibility index (Phi) is 8.72. The third kappa shape index (κ3) is 8.88. The molecule has 0 aliphatic heterocycles. The highest BCUT2D eigenvalue weighted by Gasteiger charge is 2.34. The molecular formula is C22H25F7. The summed E-state index contributed by atoms with van der Waals surface area (Å²) in [6, 6.07) is 8.67. The van der Waals surface area contributed by atoms with Gasteiger partial charge in [-0.15, -0.1) is 0 Å². The van der Waals surface area contributed by atoms with Crippen LogP contribution in [0.3, 0.4) is 0 Å². The third-order valence-electron chi connectivity index (χ3n) is 3.88. The molecule has 0 aliphatic rings. The average Bonchev–Trinajstić information content (AvgIpc) is 2.54. The minimum absolute atomic E-state index is 0.247. The van der Waals surface area contributed by atoms with E-state index < -0.39 is 29.3 Å². The lowest BCUT2D eigenvalue weighted by Crippen LogP contribution is -2.09. The van der Waals surface area contributed by atoms with Crippen molar-refractivity contribution in [1.82, 2.24) is 0 Å². The minimum Gasteiger partial charge on any atom is -0.206 e. The number of rotatable bonds is 4. The Bertz CT molecular complexity index is 771. The van der Waals surface area contributed by atoms with Gasteiger partial charge in [0.2, 0.25) is 0 Å². The van der Waals surface area contributed by atoms with Crippen molar-refractivity contribution in [2.45, 2.75) is 52.9 Å². The molecule has 0 spiro atoms. The van der Waals surface area contributed by atoms with Crippen molar-refractivity contribution in [3.63, 3.8) is 0 Å². The molecule has 7 heteroatoms. The lowest BCUT2D eigenvalue weighted by atomic mass is 10.0. The molecule has 0 nitrogen and oxygen atoms in total. The van der Waals surface area contributed by atoms with E-state index in [0.29, 0.717) is 24.3 Å². The van der Waals surface area contributed by atoms with Crippen LogP contribution < -0.4 is 0 Å². The van der Waals surface area contributed by atoms with E-state index in [2.05, 4.69) is 0 Å². The lowest BCUT2D eigenvalue weighted by Gasteiger charge is -2.11. The Morgan fingerprint density at radius 1 is 0.690 bits per heavy atom. The topological polar surface area (TPSA) is 0 Å². The summed E-state index contributed by atoms with van der Waals surface area (Å²) in [7, 11) is 0. The molecule has 162 valence electrons. The van der Waals surface area contributed by atoms with Gasteiger partial charge in [0.1, 0.15) is 5.82 Å². The van der Waals surface area contributed by atoms with Crippen LogP contribution in [0.2, 0.25) is 0 Å². The van der Waals surface area contributed by atoms with Crippen molar-refractivity contribution in [3.05, 3.63) is 70.5 Å². The van der Waals surface area contributed by atoms with E-state index >= 15 is 0 Å². The maximum Gasteiger partial charge on any atom is 0.419 e. The smallest absolute Gasteiger partial charge is 0.206 e. The summed E-state index contributed by atoms with van der Waals surface area (Å²) >= 11 is 0. The highest BCUT2D eigenvalue weighted by Crippen LogP contribution is 2.32. The fourth-order valence-corrected chi connectivity index (χ4v) is 2.73. The zero-order valence-electron chi connectivity index (χ0n) is 16.8. The Morgan fingerprint density at radius 2 is 1.21 bits per heavy atom. The molecule has 2 aromatic carbocycles. The maximum absolute atomic E-state index is 12.9. The second-order valence-electron chi connectivity index (χ2n) is 7.71. The summed E-state index contributed by atoms with van der Waals surface area (Å²) in [5.74, 6) is -0.593. The molecule has 2 aromatic rings. The van der Waals surface area contributed by atoms with Gasteiger partial charge >= 0.3 is 12.4 Å². The molecule has 0 bridgehead atoms. The second-order valence-corrected chi connectivity index (χ2v) is 7.71. The molecule has 0 aliphatic carbocycles. The van der Waals surface area contributed by atoms with Crippen molar-refractivity contribution < 1.29 is 30.7 Å². The van der Waals surface area contributed by atoms with E-state index in [1.54, 1.807) is 6.07 Å². The Labute approximate surface area is 166 Å². The highest BCUT2D eigenvalue weighted by atomic mass is 19.4. The van der Waals surface area contributed by atoms with Crippen LogP contribution in [0.1, 0.15) is 49.9 Å². The van der Waals surface area contributed by atoms with Gasteiger partial charge < -0.3 is 0 Å². The molecule has 0 amide bonds. The quantitative estimate of drug-likeness (QED) is 0.439. The van der Waals surface area contributed by atoms with Crippen LogP contribution >= 0.6 is 0 Å². The standard InChI is InChI=1S/C11H12F4.C11H13F3/c1-7(2)5-8-3-4-10(12)9(6-8)11(13,14)15;1-8(2)6-9-4-3-5-10(7-9)11(12,13)14/h3-4,6-7H,5H2,1-2H3;3-5,7-8H,6H2,1-2H3. The Morgan fingerprint density at radius 3 is 1.66 bits per heavy atom. The number of hydrogen-bond acceptors (Lipinski definition) is 0. The van der Waals surface area contributed by atoms with Crippen molar-refractivity contribution in [2.24, 2.45) is 11.8 Å². The molecule has 0 heterocycles. The largest absolute Gasteiger partial charge is 0.419 e. The molecule has 0 N–H and O–H groups in total. The first kappa shape index (κ1) is 25.0. The maximum atomic E-state index is 12.9. The average molecular weight is 422 g/mol. The minimum atomic E-state index is -4.61. The van der Waals surface area contributed by atoms with Crippen LogP contribution in [0.5, 0.6) is 0 Å². The molecule has 0 atom stereocenters. The van der Waals surface area contributed by atoms with Crippen LogP contribution in [0.25, 0.3) is 0 Å². The number of alkyl halides is 6. The first-order chi connectivity index (χ1) is 13.2. The van der Waals surface area contributed by atoms with Crippen LogP contribution in [0.15, 0.2) is 42.5 Å². The van der Waals surface area contributed by atoms with Gasteiger partial charge in [-0.3, -0.25) is 0 Å². The van der Waals surface area contributed by atoms with Crippen molar-refractivity contribution in [1.29, 1.82) is 0 Å². The van der Waals surface area contributed by atoms with E-state index in [0.717, 1.165) is 23.8 Å². The molecule has 29 heavy (non-hydrogen) atoms. The molecule has 0 unspecified atom stereocenters. The van der Waals surface area contributed by atoms with Crippen LogP contribution in [-0.4, -0.2) is 0 Å². The SMILES string of the molecule is CC(C)Cc1ccc(F)c(C(F)(F)F)c1.CC(C)Cc1cccc(C(F)(F)F)c1. The molecule has 2 rings (SSSR count). The summed E-state index contributed by atoms with van der Waals surface area (Å²) in [4.78, 5) is 0. The van der Waals surface area contributed by atoms with E-state index in [4.69, 9.17) is 0 Å². The van der Waals surface area contributed by atoms with Crippen molar-refractivity contribution in [3.8, 4) is 0 Å². The molecule has 0 aromatic heterocycles. The van der Waals surface area contributed by atoms with Gasteiger partial charge in [0.05, 0.1) is 11.1 Å². The van der Waals surface area contributed by atoms with E-state index in [9.17, 15) is 30.7 Å².